The summed E-state index contributed by atoms with van der Waals surface area (Å²) in [6.45, 7) is 0. The molecular weight excluding hydrogens is 278 g/mol. The molecule has 0 aliphatic rings. The van der Waals surface area contributed by atoms with Crippen molar-refractivity contribution < 1.29 is 9.90 Å². The predicted molar refractivity (Wildman–Crippen MR) is 66.8 cm³/mol. The molecule has 0 aliphatic heterocycles. The van der Waals surface area contributed by atoms with E-state index in [1.807, 2.05) is 0 Å². The van der Waals surface area contributed by atoms with Crippen LogP contribution in [-0.2, 0) is 4.79 Å². The first-order chi connectivity index (χ1) is 8.58. The zero-order valence-electron chi connectivity index (χ0n) is 8.95. The lowest BCUT2D eigenvalue weighted by Crippen LogP contribution is -2.12. The molecular formula is C9H8ClN5O2S. The Bertz CT molecular complexity index is 571. The lowest BCUT2D eigenvalue weighted by atomic mass is 10.3. The minimum absolute atomic E-state index is 0.136. The average molecular weight is 286 g/mol. The molecule has 3 N–H and O–H groups in total. The van der Waals surface area contributed by atoms with Crippen LogP contribution in [0.4, 0.5) is 0 Å². The van der Waals surface area contributed by atoms with Crippen LogP contribution in [-0.4, -0.2) is 36.7 Å². The Kier molecular flexibility index (Phi) is 3.68. The summed E-state index contributed by atoms with van der Waals surface area (Å²) < 4.78 is 1.20. The molecule has 0 fully saturated rings. The van der Waals surface area contributed by atoms with Crippen LogP contribution in [0.5, 0.6) is 0 Å². The number of halogens is 1. The Morgan fingerprint density at radius 3 is 2.89 bits per heavy atom. The molecule has 0 aliphatic carbocycles. The second kappa shape index (κ2) is 5.23. The lowest BCUT2D eigenvalue weighted by molar-refractivity contribution is -0.133. The summed E-state index contributed by atoms with van der Waals surface area (Å²) in [6.07, 6.45) is 1.47. The van der Waals surface area contributed by atoms with Crippen LogP contribution in [0.15, 0.2) is 23.5 Å². The molecule has 0 radical (unpaired) electrons. The topological polar surface area (TPSA) is 107 Å². The van der Waals surface area contributed by atoms with Gasteiger partial charge in [-0.05, 0) is 12.1 Å². The van der Waals surface area contributed by atoms with E-state index in [0.29, 0.717) is 21.7 Å². The quantitative estimate of drug-likeness (QED) is 0.634. The van der Waals surface area contributed by atoms with Gasteiger partial charge in [0.15, 0.2) is 0 Å². The number of hydrogen-bond acceptors (Lipinski definition) is 6. The molecule has 0 saturated carbocycles. The maximum atomic E-state index is 10.5. The largest absolute Gasteiger partial charge is 0.481 e. The Morgan fingerprint density at radius 1 is 1.50 bits per heavy atom. The zero-order chi connectivity index (χ0) is 13.1. The normalized spacial score (nSPS) is 10.5. The first-order valence-corrected chi connectivity index (χ1v) is 6.11. The minimum Gasteiger partial charge on any atom is -0.481 e. The summed E-state index contributed by atoms with van der Waals surface area (Å²) >= 11 is 6.71. The van der Waals surface area contributed by atoms with Crippen LogP contribution in [0.2, 0.25) is 5.02 Å². The number of pyridine rings is 1. The summed E-state index contributed by atoms with van der Waals surface area (Å²) in [6, 6.07) is 3.31. The molecule has 0 saturated heterocycles. The molecule has 0 spiro atoms. The maximum Gasteiger partial charge on any atom is 0.313 e. The number of rotatable bonds is 4. The summed E-state index contributed by atoms with van der Waals surface area (Å²) in [7, 11) is 0. The van der Waals surface area contributed by atoms with Crippen molar-refractivity contribution in [1.29, 1.82) is 0 Å². The standard InChI is InChI=1S/C9H8ClN5O2S/c10-5-1-2-6(12-3-5)8-13-14-9(15(8)11)18-4-7(16)17/h1-3H,4,11H2,(H,16,17). The number of hydrogen-bond donors (Lipinski definition) is 2. The molecule has 2 aromatic heterocycles. The second-order valence-electron chi connectivity index (χ2n) is 3.22. The number of nitrogen functional groups attached to an aromatic ring is 1. The predicted octanol–water partition coefficient (Wildman–Crippen LogP) is 0.884. The summed E-state index contributed by atoms with van der Waals surface area (Å²) in [4.78, 5) is 14.5. The lowest BCUT2D eigenvalue weighted by Gasteiger charge is -2.01. The highest BCUT2D eigenvalue weighted by Crippen LogP contribution is 2.20. The summed E-state index contributed by atoms with van der Waals surface area (Å²) in [5.41, 5.74) is 0.511. The number of thioether (sulfide) groups is 1. The highest BCUT2D eigenvalue weighted by atomic mass is 35.5. The van der Waals surface area contributed by atoms with Gasteiger partial charge in [0.05, 0.1) is 10.8 Å². The van der Waals surface area contributed by atoms with Crippen molar-refractivity contribution in [2.75, 3.05) is 11.6 Å². The molecule has 2 rings (SSSR count). The number of aliphatic carboxylic acids is 1. The molecule has 94 valence electrons. The smallest absolute Gasteiger partial charge is 0.313 e. The first kappa shape index (κ1) is 12.7. The van der Waals surface area contributed by atoms with Crippen LogP contribution in [0.1, 0.15) is 0 Å². The summed E-state index contributed by atoms with van der Waals surface area (Å²) in [5, 5.41) is 17.0. The van der Waals surface area contributed by atoms with E-state index < -0.39 is 5.97 Å². The minimum atomic E-state index is -0.950. The van der Waals surface area contributed by atoms with Gasteiger partial charge in [-0.2, -0.15) is 0 Å². The van der Waals surface area contributed by atoms with Crippen LogP contribution in [0, 0.1) is 0 Å². The number of carbonyl (C=O) groups is 1. The van der Waals surface area contributed by atoms with Gasteiger partial charge in [0, 0.05) is 6.20 Å². The van der Waals surface area contributed by atoms with Crippen molar-refractivity contribution in [2.45, 2.75) is 5.16 Å². The second-order valence-corrected chi connectivity index (χ2v) is 4.60. The fraction of sp³-hybridized carbons (Fsp3) is 0.111. The Labute approximate surface area is 111 Å². The monoisotopic (exact) mass is 285 g/mol. The zero-order valence-corrected chi connectivity index (χ0v) is 10.5. The van der Waals surface area contributed by atoms with Crippen LogP contribution in [0.25, 0.3) is 11.5 Å². The molecule has 18 heavy (non-hydrogen) atoms. The van der Waals surface area contributed by atoms with Crippen molar-refractivity contribution in [1.82, 2.24) is 19.9 Å². The van der Waals surface area contributed by atoms with Crippen molar-refractivity contribution in [3.05, 3.63) is 23.4 Å². The van der Waals surface area contributed by atoms with E-state index in [9.17, 15) is 4.79 Å². The van der Waals surface area contributed by atoms with Gasteiger partial charge < -0.3 is 10.9 Å². The maximum absolute atomic E-state index is 10.5. The summed E-state index contributed by atoms with van der Waals surface area (Å²) in [5.74, 6) is 5.03. The van der Waals surface area contributed by atoms with Gasteiger partial charge >= 0.3 is 5.97 Å². The fourth-order valence-corrected chi connectivity index (χ4v) is 1.87. The van der Waals surface area contributed by atoms with E-state index in [1.165, 1.54) is 10.9 Å². The third-order valence-electron chi connectivity index (χ3n) is 1.95. The Morgan fingerprint density at radius 2 is 2.28 bits per heavy atom. The van der Waals surface area contributed by atoms with E-state index in [1.54, 1.807) is 12.1 Å². The molecule has 7 nitrogen and oxygen atoms in total. The van der Waals surface area contributed by atoms with E-state index >= 15 is 0 Å². The van der Waals surface area contributed by atoms with Crippen molar-refractivity contribution >= 4 is 29.3 Å². The highest BCUT2D eigenvalue weighted by Gasteiger charge is 2.14. The molecule has 0 unspecified atom stereocenters. The van der Waals surface area contributed by atoms with Crippen molar-refractivity contribution in [3.8, 4) is 11.5 Å². The third-order valence-corrected chi connectivity index (χ3v) is 3.10. The molecule has 2 heterocycles. The van der Waals surface area contributed by atoms with Gasteiger partial charge in [-0.3, -0.25) is 9.78 Å². The number of nitrogens with two attached hydrogens (primary N) is 1. The molecule has 0 aromatic carbocycles. The van der Waals surface area contributed by atoms with Crippen molar-refractivity contribution in [2.24, 2.45) is 0 Å². The van der Waals surface area contributed by atoms with Crippen LogP contribution in [0.3, 0.4) is 0 Å². The average Bonchev–Trinajstić information content (AvgIpc) is 2.69. The molecule has 0 atom stereocenters. The molecule has 0 amide bonds. The van der Waals surface area contributed by atoms with Gasteiger partial charge in [0.2, 0.25) is 11.0 Å². The van der Waals surface area contributed by atoms with E-state index in [-0.39, 0.29) is 5.75 Å². The van der Waals surface area contributed by atoms with Gasteiger partial charge in [-0.15, -0.1) is 10.2 Å². The number of nitrogens with zero attached hydrogens (tertiary/aromatic N) is 4. The number of aromatic nitrogens is 4. The van der Waals surface area contributed by atoms with E-state index in [4.69, 9.17) is 22.6 Å². The van der Waals surface area contributed by atoms with Gasteiger partial charge in [-0.25, -0.2) is 4.68 Å². The Hall–Kier alpha value is -1.80. The third kappa shape index (κ3) is 2.71. The molecule has 2 aromatic rings. The van der Waals surface area contributed by atoms with Crippen LogP contribution < -0.4 is 5.84 Å². The van der Waals surface area contributed by atoms with Gasteiger partial charge in [0.25, 0.3) is 0 Å². The van der Waals surface area contributed by atoms with E-state index in [2.05, 4.69) is 15.2 Å². The molecule has 9 heteroatoms. The van der Waals surface area contributed by atoms with Gasteiger partial charge in [-0.1, -0.05) is 23.4 Å². The fourth-order valence-electron chi connectivity index (χ4n) is 1.18. The van der Waals surface area contributed by atoms with Gasteiger partial charge in [0.1, 0.15) is 5.69 Å². The van der Waals surface area contributed by atoms with Crippen LogP contribution >= 0.6 is 23.4 Å². The highest BCUT2D eigenvalue weighted by molar-refractivity contribution is 7.99. The first-order valence-electron chi connectivity index (χ1n) is 4.75. The molecule has 0 bridgehead atoms. The Balaban J connectivity index is 2.25. The number of carboxylic acid groups (broad SMARTS) is 1. The SMILES string of the molecule is Nn1c(SCC(=O)O)nnc1-c1ccc(Cl)cn1. The van der Waals surface area contributed by atoms with E-state index in [0.717, 1.165) is 11.8 Å². The van der Waals surface area contributed by atoms with Crippen molar-refractivity contribution in [3.63, 3.8) is 0 Å². The number of carboxylic acids is 1.